The van der Waals surface area contributed by atoms with E-state index >= 15 is 0 Å². The van der Waals surface area contributed by atoms with E-state index in [1.54, 1.807) is 0 Å². The van der Waals surface area contributed by atoms with Crippen molar-refractivity contribution in [2.45, 2.75) is 31.9 Å². The molecule has 0 radical (unpaired) electrons. The van der Waals surface area contributed by atoms with Crippen molar-refractivity contribution in [3.05, 3.63) is 33.8 Å². The van der Waals surface area contributed by atoms with Crippen molar-refractivity contribution in [3.63, 3.8) is 0 Å². The van der Waals surface area contributed by atoms with E-state index in [1.807, 2.05) is 19.9 Å². The second-order valence-corrected chi connectivity index (χ2v) is 6.76. The number of hydrogen-bond acceptors (Lipinski definition) is 2. The maximum atomic E-state index is 11.7. The van der Waals surface area contributed by atoms with Gasteiger partial charge in [0.2, 0.25) is 0 Å². The molecule has 0 N–H and O–H groups in total. The minimum atomic E-state index is -1.10. The first-order valence-electron chi connectivity index (χ1n) is 5.35. The molecule has 0 amide bonds. The van der Waals surface area contributed by atoms with Gasteiger partial charge in [-0.1, -0.05) is 26.4 Å². The van der Waals surface area contributed by atoms with Crippen LogP contribution in [0.25, 0.3) is 0 Å². The Hall–Kier alpha value is -0.320. The standard InChI is InChI=1S/C12H14BrNOS/c1-8(2)16(15)14-12-6-4-9-3-5-10(13)7-11(9)12/h3,5,7-8H,4,6H2,1-2H3/b14-12+/t16-/m1/s1. The number of fused-ring (bicyclic) bond motifs is 1. The van der Waals surface area contributed by atoms with Gasteiger partial charge in [0.1, 0.15) is 5.25 Å². The molecule has 2 nitrogen and oxygen atoms in total. The fraction of sp³-hybridized carbons (Fsp3) is 0.417. The molecule has 1 aliphatic rings. The fourth-order valence-electron chi connectivity index (χ4n) is 1.73. The Labute approximate surface area is 108 Å². The second kappa shape index (κ2) is 4.90. The Morgan fingerprint density at radius 1 is 1.38 bits per heavy atom. The van der Waals surface area contributed by atoms with Gasteiger partial charge in [-0.25, -0.2) is 0 Å². The lowest BCUT2D eigenvalue weighted by atomic mass is 10.1. The van der Waals surface area contributed by atoms with Crippen LogP contribution in [0.4, 0.5) is 0 Å². The lowest BCUT2D eigenvalue weighted by Crippen LogP contribution is -2.13. The van der Waals surface area contributed by atoms with Gasteiger partial charge in [0.05, 0.1) is 17.1 Å². The van der Waals surface area contributed by atoms with Crippen molar-refractivity contribution in [2.24, 2.45) is 4.40 Å². The van der Waals surface area contributed by atoms with Gasteiger partial charge in [-0.2, -0.15) is 0 Å². The summed E-state index contributed by atoms with van der Waals surface area (Å²) in [6.07, 6.45) is 1.92. The molecule has 16 heavy (non-hydrogen) atoms. The maximum Gasteiger partial charge on any atom is 0.137 e. The predicted octanol–water partition coefficient (Wildman–Crippen LogP) is 3.26. The molecule has 86 valence electrons. The molecule has 0 unspecified atom stereocenters. The number of benzene rings is 1. The molecular weight excluding hydrogens is 286 g/mol. The second-order valence-electron chi connectivity index (χ2n) is 4.16. The number of nitrogens with zero attached hydrogens (tertiary/aromatic N) is 1. The summed E-state index contributed by atoms with van der Waals surface area (Å²) in [7, 11) is 0. The van der Waals surface area contributed by atoms with Crippen LogP contribution in [-0.2, 0) is 17.8 Å². The van der Waals surface area contributed by atoms with Crippen LogP contribution in [0.3, 0.4) is 0 Å². The van der Waals surface area contributed by atoms with Gasteiger partial charge in [0.25, 0.3) is 0 Å². The maximum absolute atomic E-state index is 11.7. The van der Waals surface area contributed by atoms with Crippen molar-refractivity contribution in [3.8, 4) is 0 Å². The van der Waals surface area contributed by atoms with E-state index in [2.05, 4.69) is 32.5 Å². The zero-order valence-electron chi connectivity index (χ0n) is 9.37. The number of hydrogen-bond donors (Lipinski definition) is 0. The van der Waals surface area contributed by atoms with Crippen molar-refractivity contribution in [2.75, 3.05) is 0 Å². The molecule has 1 aromatic rings. The van der Waals surface area contributed by atoms with Crippen LogP contribution < -0.4 is 0 Å². The van der Waals surface area contributed by atoms with Gasteiger partial charge in [-0.3, -0.25) is 0 Å². The summed E-state index contributed by atoms with van der Waals surface area (Å²) in [6.45, 7) is 3.86. The minimum Gasteiger partial charge on any atom is -0.591 e. The molecule has 0 aliphatic heterocycles. The zero-order valence-corrected chi connectivity index (χ0v) is 11.8. The van der Waals surface area contributed by atoms with Crippen molar-refractivity contribution in [1.29, 1.82) is 0 Å². The van der Waals surface area contributed by atoms with E-state index in [1.165, 1.54) is 5.56 Å². The zero-order chi connectivity index (χ0) is 11.7. The molecule has 0 heterocycles. The highest BCUT2D eigenvalue weighted by molar-refractivity contribution is 9.10. The summed E-state index contributed by atoms with van der Waals surface area (Å²) < 4.78 is 17.1. The number of aryl methyl sites for hydroxylation is 1. The van der Waals surface area contributed by atoms with E-state index in [-0.39, 0.29) is 5.25 Å². The quantitative estimate of drug-likeness (QED) is 0.772. The summed E-state index contributed by atoms with van der Waals surface area (Å²) in [5.74, 6) is 0. The van der Waals surface area contributed by atoms with Gasteiger partial charge >= 0.3 is 0 Å². The van der Waals surface area contributed by atoms with E-state index < -0.39 is 11.4 Å². The van der Waals surface area contributed by atoms with Crippen LogP contribution in [0, 0.1) is 0 Å². The Kier molecular flexibility index (Phi) is 3.72. The number of rotatable bonds is 2. The average Bonchev–Trinajstić information content (AvgIpc) is 2.61. The predicted molar refractivity (Wildman–Crippen MR) is 72.3 cm³/mol. The third-order valence-corrected chi connectivity index (χ3v) is 4.32. The van der Waals surface area contributed by atoms with E-state index in [0.29, 0.717) is 0 Å². The summed E-state index contributed by atoms with van der Waals surface area (Å²) in [5, 5.41) is 0.0868. The first-order valence-corrected chi connectivity index (χ1v) is 7.31. The van der Waals surface area contributed by atoms with Crippen LogP contribution in [0.5, 0.6) is 0 Å². The summed E-state index contributed by atoms with van der Waals surface area (Å²) in [6, 6.07) is 6.22. The SMILES string of the molecule is CC(C)[S@@+]([O-])/N=C1\CCc2ccc(Br)cc21. The monoisotopic (exact) mass is 299 g/mol. The molecule has 0 spiro atoms. The molecule has 1 aliphatic carbocycles. The highest BCUT2D eigenvalue weighted by Gasteiger charge is 2.22. The molecule has 4 heteroatoms. The van der Waals surface area contributed by atoms with E-state index in [0.717, 1.165) is 28.6 Å². The van der Waals surface area contributed by atoms with Crippen molar-refractivity contribution in [1.82, 2.24) is 0 Å². The van der Waals surface area contributed by atoms with E-state index in [4.69, 9.17) is 0 Å². The molecular formula is C12H14BrNOS. The lowest BCUT2D eigenvalue weighted by molar-refractivity contribution is 0.588. The van der Waals surface area contributed by atoms with Gasteiger partial charge in [-0.05, 0) is 44.4 Å². The van der Waals surface area contributed by atoms with Crippen LogP contribution >= 0.6 is 15.9 Å². The first kappa shape index (κ1) is 12.1. The van der Waals surface area contributed by atoms with Gasteiger partial charge in [-0.15, -0.1) is 0 Å². The van der Waals surface area contributed by atoms with Gasteiger partial charge < -0.3 is 4.55 Å². The topological polar surface area (TPSA) is 35.4 Å². The summed E-state index contributed by atoms with van der Waals surface area (Å²) >= 11 is 2.35. The Bertz CT molecular complexity index is 431. The van der Waals surface area contributed by atoms with Crippen molar-refractivity contribution < 1.29 is 4.55 Å². The fourth-order valence-corrected chi connectivity index (χ4v) is 2.71. The molecule has 0 bridgehead atoms. The minimum absolute atomic E-state index is 0.0868. The Morgan fingerprint density at radius 3 is 2.81 bits per heavy atom. The Balaban J connectivity index is 2.32. The van der Waals surface area contributed by atoms with E-state index in [9.17, 15) is 4.55 Å². The smallest absolute Gasteiger partial charge is 0.137 e. The van der Waals surface area contributed by atoms with Gasteiger partial charge in [0.15, 0.2) is 0 Å². The number of halogens is 1. The third kappa shape index (κ3) is 2.50. The highest BCUT2D eigenvalue weighted by atomic mass is 79.9. The molecule has 0 aromatic heterocycles. The lowest BCUT2D eigenvalue weighted by Gasteiger charge is -2.08. The normalized spacial score (nSPS) is 19.2. The van der Waals surface area contributed by atoms with Crippen LogP contribution in [0.2, 0.25) is 0 Å². The molecule has 0 saturated carbocycles. The van der Waals surface area contributed by atoms with Crippen LogP contribution in [0.1, 0.15) is 31.4 Å². The molecule has 0 saturated heterocycles. The van der Waals surface area contributed by atoms with Crippen LogP contribution in [0.15, 0.2) is 27.1 Å². The largest absolute Gasteiger partial charge is 0.591 e. The Morgan fingerprint density at radius 2 is 2.12 bits per heavy atom. The highest BCUT2D eigenvalue weighted by Crippen LogP contribution is 2.26. The van der Waals surface area contributed by atoms with Crippen molar-refractivity contribution >= 4 is 33.0 Å². The van der Waals surface area contributed by atoms with Gasteiger partial charge in [0, 0.05) is 10.0 Å². The molecule has 1 aromatic carbocycles. The molecule has 1 atom stereocenters. The molecule has 0 fully saturated rings. The molecule has 2 rings (SSSR count). The van der Waals surface area contributed by atoms with Crippen LogP contribution in [-0.4, -0.2) is 15.5 Å². The summed E-state index contributed by atoms with van der Waals surface area (Å²) in [4.78, 5) is 0. The average molecular weight is 300 g/mol. The first-order chi connectivity index (χ1) is 7.58. The summed E-state index contributed by atoms with van der Waals surface area (Å²) in [5.41, 5.74) is 3.45. The third-order valence-electron chi connectivity index (χ3n) is 2.62.